The summed E-state index contributed by atoms with van der Waals surface area (Å²) in [5.74, 6) is 1.34. The van der Waals surface area contributed by atoms with Crippen molar-refractivity contribution in [2.75, 3.05) is 45.9 Å². The van der Waals surface area contributed by atoms with Crippen molar-refractivity contribution in [3.8, 4) is 5.75 Å². The van der Waals surface area contributed by atoms with Gasteiger partial charge in [0.2, 0.25) is 0 Å². The summed E-state index contributed by atoms with van der Waals surface area (Å²) in [5, 5.41) is 5.74. The lowest BCUT2D eigenvalue weighted by molar-refractivity contribution is -0.00454. The minimum Gasteiger partial charge on any atom is -0.488 e. The summed E-state index contributed by atoms with van der Waals surface area (Å²) >= 11 is 6.18. The number of benzene rings is 2. The highest BCUT2D eigenvalue weighted by Crippen LogP contribution is 2.31. The van der Waals surface area contributed by atoms with Crippen LogP contribution in [0.1, 0.15) is 35.3 Å². The van der Waals surface area contributed by atoms with Gasteiger partial charge in [-0.15, -0.1) is 0 Å². The number of halogens is 1. The van der Waals surface area contributed by atoms with Crippen molar-refractivity contribution in [1.29, 1.82) is 0 Å². The third-order valence-corrected chi connectivity index (χ3v) is 9.13. The summed E-state index contributed by atoms with van der Waals surface area (Å²) in [7, 11) is 0. The predicted molar refractivity (Wildman–Crippen MR) is 155 cm³/mol. The van der Waals surface area contributed by atoms with Gasteiger partial charge in [-0.3, -0.25) is 9.69 Å². The molecule has 2 atom stereocenters. The molecule has 0 saturated carbocycles. The van der Waals surface area contributed by atoms with Crippen LogP contribution in [0.25, 0.3) is 21.9 Å². The minimum absolute atomic E-state index is 0.0677. The summed E-state index contributed by atoms with van der Waals surface area (Å²) in [4.78, 5) is 21.7. The predicted octanol–water partition coefficient (Wildman–Crippen LogP) is 5.06. The van der Waals surface area contributed by atoms with E-state index >= 15 is 0 Å². The van der Waals surface area contributed by atoms with Gasteiger partial charge in [0.15, 0.2) is 0 Å². The third kappa shape index (κ3) is 5.21. The number of furan rings is 1. The van der Waals surface area contributed by atoms with Gasteiger partial charge in [0.25, 0.3) is 5.91 Å². The molecular formula is C31H35ClN4O4. The van der Waals surface area contributed by atoms with Crippen LogP contribution in [-0.2, 0) is 11.3 Å². The van der Waals surface area contributed by atoms with Crippen molar-refractivity contribution >= 4 is 39.4 Å². The molecule has 3 aliphatic rings. The highest BCUT2D eigenvalue weighted by molar-refractivity contribution is 6.31. The Morgan fingerprint density at radius 3 is 2.88 bits per heavy atom. The number of likely N-dealkylation sites (tertiary alicyclic amines) is 1. The van der Waals surface area contributed by atoms with Gasteiger partial charge < -0.3 is 29.1 Å². The van der Waals surface area contributed by atoms with E-state index in [0.29, 0.717) is 35.0 Å². The number of H-pyrrole nitrogens is 1. The number of amides is 1. The number of carbonyl (C=O) groups excluding carboxylic acids is 1. The summed E-state index contributed by atoms with van der Waals surface area (Å²) < 4.78 is 17.6. The van der Waals surface area contributed by atoms with Gasteiger partial charge in [0.05, 0.1) is 19.5 Å². The van der Waals surface area contributed by atoms with Gasteiger partial charge >= 0.3 is 0 Å². The molecule has 210 valence electrons. The number of carbonyl (C=O) groups is 1. The maximum Gasteiger partial charge on any atom is 0.267 e. The molecule has 0 bridgehead atoms. The molecule has 3 saturated heterocycles. The quantitative estimate of drug-likeness (QED) is 0.328. The topological polar surface area (TPSA) is 83.0 Å². The molecule has 4 aromatic rings. The first kappa shape index (κ1) is 25.9. The molecule has 7 rings (SSSR count). The van der Waals surface area contributed by atoms with E-state index in [1.54, 1.807) is 6.26 Å². The molecule has 2 N–H and O–H groups in total. The zero-order chi connectivity index (χ0) is 27.1. The van der Waals surface area contributed by atoms with E-state index in [2.05, 4.69) is 20.1 Å². The molecule has 8 nitrogen and oxygen atoms in total. The van der Waals surface area contributed by atoms with Gasteiger partial charge in [0.1, 0.15) is 23.6 Å². The fraction of sp³-hybridized carbons (Fsp3) is 0.452. The van der Waals surface area contributed by atoms with Crippen LogP contribution in [0.4, 0.5) is 0 Å². The number of hydrogen-bond acceptors (Lipinski definition) is 6. The number of aromatic amines is 1. The Balaban J connectivity index is 0.953. The maximum atomic E-state index is 13.2. The minimum atomic E-state index is -0.0677. The van der Waals surface area contributed by atoms with Crippen LogP contribution in [0.5, 0.6) is 5.75 Å². The fourth-order valence-corrected chi connectivity index (χ4v) is 6.83. The van der Waals surface area contributed by atoms with E-state index in [0.717, 1.165) is 79.7 Å². The van der Waals surface area contributed by atoms with Crippen LogP contribution in [-0.4, -0.2) is 78.7 Å². The summed E-state index contributed by atoms with van der Waals surface area (Å²) in [6.07, 6.45) is 4.92. The molecule has 40 heavy (non-hydrogen) atoms. The number of ether oxygens (including phenoxy) is 2. The lowest BCUT2D eigenvalue weighted by Crippen LogP contribution is -2.49. The zero-order valence-electron chi connectivity index (χ0n) is 22.5. The molecule has 3 fully saturated rings. The molecular weight excluding hydrogens is 528 g/mol. The molecule has 3 aliphatic heterocycles. The van der Waals surface area contributed by atoms with Crippen LogP contribution in [0.15, 0.2) is 53.1 Å². The summed E-state index contributed by atoms with van der Waals surface area (Å²) in [6.45, 7) is 7.55. The second-order valence-electron chi connectivity index (χ2n) is 11.4. The number of morpholine rings is 1. The summed E-state index contributed by atoms with van der Waals surface area (Å²) in [6, 6.07) is 14.0. The Morgan fingerprint density at radius 2 is 1.98 bits per heavy atom. The first-order chi connectivity index (χ1) is 19.6. The Hall–Kier alpha value is -3.04. The number of piperidine rings is 1. The molecule has 0 unspecified atom stereocenters. The first-order valence-corrected chi connectivity index (χ1v) is 14.7. The number of aromatic nitrogens is 1. The summed E-state index contributed by atoms with van der Waals surface area (Å²) in [5.41, 5.74) is 3.12. The monoisotopic (exact) mass is 562 g/mol. The lowest BCUT2D eigenvalue weighted by Gasteiger charge is -2.37. The van der Waals surface area contributed by atoms with Crippen LogP contribution in [0.3, 0.4) is 0 Å². The normalized spacial score (nSPS) is 22.6. The van der Waals surface area contributed by atoms with Crippen molar-refractivity contribution in [2.24, 2.45) is 5.92 Å². The standard InChI is InChI=1S/C31H35ClN4O4/c32-22-4-5-30-24(14-22)21(18-40-30)17-39-29-3-1-2-26-25(29)15-27(34-26)31(37)33-23-7-9-35(10-8-23)16-20-6-11-36-12-13-38-19-28(20)36/h1-5,14-15,18,20,23,28,34H,6-13,16-17,19H2,(H,33,37)/t20-,28+/m0/s1. The van der Waals surface area contributed by atoms with Crippen LogP contribution in [0.2, 0.25) is 5.02 Å². The SMILES string of the molecule is O=C(NC1CCN(C[C@@H]2CCN3CCOC[C@H]23)CC1)c1cc2c(OCc3coc4ccc(Cl)cc34)cccc2[nH]1. The van der Waals surface area contributed by atoms with Crippen molar-refractivity contribution in [2.45, 2.75) is 38.0 Å². The molecule has 0 radical (unpaired) electrons. The van der Waals surface area contributed by atoms with E-state index in [1.165, 1.54) is 13.0 Å². The van der Waals surface area contributed by atoms with Crippen molar-refractivity contribution < 1.29 is 18.7 Å². The number of rotatable bonds is 7. The average molecular weight is 563 g/mol. The molecule has 0 aliphatic carbocycles. The largest absolute Gasteiger partial charge is 0.488 e. The van der Waals surface area contributed by atoms with Gasteiger partial charge in [-0.25, -0.2) is 0 Å². The van der Waals surface area contributed by atoms with E-state index in [9.17, 15) is 4.79 Å². The fourth-order valence-electron chi connectivity index (χ4n) is 6.66. The second-order valence-corrected chi connectivity index (χ2v) is 11.8. The lowest BCUT2D eigenvalue weighted by atomic mass is 9.97. The van der Waals surface area contributed by atoms with Crippen LogP contribution < -0.4 is 10.1 Å². The van der Waals surface area contributed by atoms with Crippen molar-refractivity contribution in [3.63, 3.8) is 0 Å². The van der Waals surface area contributed by atoms with E-state index in [4.69, 9.17) is 25.5 Å². The molecule has 0 spiro atoms. The number of hydrogen-bond donors (Lipinski definition) is 2. The van der Waals surface area contributed by atoms with Crippen molar-refractivity contribution in [3.05, 3.63) is 65.0 Å². The molecule has 2 aromatic heterocycles. The Labute approximate surface area is 238 Å². The number of fused-ring (bicyclic) bond motifs is 3. The number of nitrogens with one attached hydrogen (secondary N) is 2. The highest BCUT2D eigenvalue weighted by atomic mass is 35.5. The van der Waals surface area contributed by atoms with Crippen molar-refractivity contribution in [1.82, 2.24) is 20.1 Å². The second kappa shape index (κ2) is 11.1. The van der Waals surface area contributed by atoms with E-state index in [-0.39, 0.29) is 11.9 Å². The third-order valence-electron chi connectivity index (χ3n) is 8.89. The van der Waals surface area contributed by atoms with E-state index in [1.807, 2.05) is 42.5 Å². The average Bonchev–Trinajstić information content (AvgIpc) is 3.70. The zero-order valence-corrected chi connectivity index (χ0v) is 23.3. The Morgan fingerprint density at radius 1 is 1.07 bits per heavy atom. The molecule has 1 amide bonds. The molecule has 9 heteroatoms. The van der Waals surface area contributed by atoms with E-state index < -0.39 is 0 Å². The van der Waals surface area contributed by atoms with Gasteiger partial charge in [0, 0.05) is 65.1 Å². The number of nitrogens with zero attached hydrogens (tertiary/aromatic N) is 2. The van der Waals surface area contributed by atoms with Gasteiger partial charge in [-0.1, -0.05) is 17.7 Å². The van der Waals surface area contributed by atoms with Crippen LogP contribution in [0, 0.1) is 5.92 Å². The van der Waals surface area contributed by atoms with Gasteiger partial charge in [-0.2, -0.15) is 0 Å². The van der Waals surface area contributed by atoms with Crippen LogP contribution >= 0.6 is 11.6 Å². The van der Waals surface area contributed by atoms with Gasteiger partial charge in [-0.05, 0) is 68.1 Å². The maximum absolute atomic E-state index is 13.2. The first-order valence-electron chi connectivity index (χ1n) is 14.4. The smallest absolute Gasteiger partial charge is 0.267 e. The Bertz CT molecular complexity index is 1510. The highest BCUT2D eigenvalue weighted by Gasteiger charge is 2.37. The Kier molecular flexibility index (Phi) is 7.18. The molecule has 2 aromatic carbocycles. The molecule has 5 heterocycles.